The summed E-state index contributed by atoms with van der Waals surface area (Å²) < 4.78 is 5.50. The number of aromatic nitrogens is 2. The molecule has 8 heteroatoms. The fourth-order valence-electron chi connectivity index (χ4n) is 2.86. The van der Waals surface area contributed by atoms with Gasteiger partial charge in [0.05, 0.1) is 12.8 Å². The largest absolute Gasteiger partial charge is 0.496 e. The zero-order valence-corrected chi connectivity index (χ0v) is 14.8. The number of anilines is 2. The van der Waals surface area contributed by atoms with Crippen molar-refractivity contribution in [3.63, 3.8) is 0 Å². The third-order valence-electron chi connectivity index (χ3n) is 4.12. The van der Waals surface area contributed by atoms with E-state index in [4.69, 9.17) is 16.2 Å². The minimum Gasteiger partial charge on any atom is -0.496 e. The number of benzene rings is 1. The molecule has 0 aliphatic carbocycles. The molecular formula is C17H20N6OS. The van der Waals surface area contributed by atoms with E-state index in [0.717, 1.165) is 48.0 Å². The summed E-state index contributed by atoms with van der Waals surface area (Å²) in [6, 6.07) is 7.80. The molecule has 0 amide bonds. The van der Waals surface area contributed by atoms with Gasteiger partial charge in [-0.25, -0.2) is 4.98 Å². The van der Waals surface area contributed by atoms with Gasteiger partial charge in [0.2, 0.25) is 5.95 Å². The number of methoxy groups -OCH3 is 1. The molecule has 0 radical (unpaired) electrons. The lowest BCUT2D eigenvalue weighted by molar-refractivity contribution is 0.288. The number of nitrogens with zero attached hydrogens (tertiary/aromatic N) is 4. The maximum atomic E-state index is 9.40. The summed E-state index contributed by atoms with van der Waals surface area (Å²) in [4.78, 5) is 10.5. The Morgan fingerprint density at radius 1 is 1.28 bits per heavy atom. The molecule has 2 heterocycles. The lowest BCUT2D eigenvalue weighted by Crippen LogP contribution is -2.32. The van der Waals surface area contributed by atoms with Gasteiger partial charge in [-0.05, 0) is 18.2 Å². The van der Waals surface area contributed by atoms with E-state index >= 15 is 0 Å². The molecule has 4 N–H and O–H groups in total. The summed E-state index contributed by atoms with van der Waals surface area (Å²) in [6.07, 6.45) is 0. The molecule has 130 valence electrons. The number of nitriles is 1. The number of hydrogen-bond acceptors (Lipinski definition) is 8. The van der Waals surface area contributed by atoms with Crippen LogP contribution in [-0.4, -0.2) is 46.6 Å². The van der Waals surface area contributed by atoms with Crippen molar-refractivity contribution < 1.29 is 4.74 Å². The van der Waals surface area contributed by atoms with Gasteiger partial charge in [0.1, 0.15) is 23.2 Å². The van der Waals surface area contributed by atoms with Gasteiger partial charge in [-0.2, -0.15) is 22.0 Å². The molecule has 3 rings (SSSR count). The van der Waals surface area contributed by atoms with Crippen LogP contribution < -0.4 is 16.2 Å². The third-order valence-corrected chi connectivity index (χ3v) is 5.06. The summed E-state index contributed by atoms with van der Waals surface area (Å²) in [5.74, 6) is 3.24. The maximum absolute atomic E-state index is 9.40. The third kappa shape index (κ3) is 3.78. The van der Waals surface area contributed by atoms with Crippen LogP contribution in [0.2, 0.25) is 0 Å². The van der Waals surface area contributed by atoms with Crippen LogP contribution in [0.5, 0.6) is 5.75 Å². The molecule has 1 saturated heterocycles. The zero-order chi connectivity index (χ0) is 17.8. The Morgan fingerprint density at radius 2 is 2.04 bits per heavy atom. The summed E-state index contributed by atoms with van der Waals surface area (Å²) in [5.41, 5.74) is 14.1. The van der Waals surface area contributed by atoms with Crippen molar-refractivity contribution in [3.8, 4) is 23.1 Å². The van der Waals surface area contributed by atoms with Crippen molar-refractivity contribution in [2.45, 2.75) is 6.54 Å². The van der Waals surface area contributed by atoms with E-state index in [2.05, 4.69) is 20.9 Å². The summed E-state index contributed by atoms with van der Waals surface area (Å²) in [5, 5.41) is 9.40. The number of rotatable bonds is 4. The predicted octanol–water partition coefficient (Wildman–Crippen LogP) is 1.74. The van der Waals surface area contributed by atoms with E-state index in [0.29, 0.717) is 5.69 Å². The predicted molar refractivity (Wildman–Crippen MR) is 100 cm³/mol. The van der Waals surface area contributed by atoms with E-state index in [1.807, 2.05) is 30.0 Å². The van der Waals surface area contributed by atoms with Gasteiger partial charge in [-0.3, -0.25) is 4.90 Å². The molecule has 1 aliphatic heterocycles. The minimum atomic E-state index is 0.0527. The highest BCUT2D eigenvalue weighted by Gasteiger charge is 2.17. The molecule has 1 fully saturated rings. The van der Waals surface area contributed by atoms with E-state index in [-0.39, 0.29) is 17.3 Å². The highest BCUT2D eigenvalue weighted by Crippen LogP contribution is 2.30. The molecule has 0 bridgehead atoms. The molecule has 1 aliphatic rings. The van der Waals surface area contributed by atoms with Crippen LogP contribution in [0.4, 0.5) is 11.8 Å². The quantitative estimate of drug-likeness (QED) is 0.851. The van der Waals surface area contributed by atoms with Crippen LogP contribution in [0.1, 0.15) is 11.1 Å². The maximum Gasteiger partial charge on any atom is 0.222 e. The lowest BCUT2D eigenvalue weighted by Gasteiger charge is -2.27. The zero-order valence-electron chi connectivity index (χ0n) is 14.0. The second-order valence-electron chi connectivity index (χ2n) is 5.72. The van der Waals surface area contributed by atoms with Gasteiger partial charge in [0, 0.05) is 42.3 Å². The summed E-state index contributed by atoms with van der Waals surface area (Å²) in [7, 11) is 1.66. The first-order valence-corrected chi connectivity index (χ1v) is 9.08. The van der Waals surface area contributed by atoms with E-state index in [1.54, 1.807) is 7.11 Å². The SMILES string of the molecule is COc1ccc(-c2nc(N)nc(N)c2C#N)cc1CN1CCSCC1. The van der Waals surface area contributed by atoms with Crippen molar-refractivity contribution in [2.24, 2.45) is 0 Å². The number of nitrogen functional groups attached to an aromatic ring is 2. The van der Waals surface area contributed by atoms with Gasteiger partial charge in [0.25, 0.3) is 0 Å². The van der Waals surface area contributed by atoms with E-state index in [9.17, 15) is 5.26 Å². The van der Waals surface area contributed by atoms with Crippen molar-refractivity contribution in [3.05, 3.63) is 29.3 Å². The number of thioether (sulfide) groups is 1. The van der Waals surface area contributed by atoms with Crippen molar-refractivity contribution in [1.29, 1.82) is 5.26 Å². The van der Waals surface area contributed by atoms with E-state index in [1.165, 1.54) is 0 Å². The van der Waals surface area contributed by atoms with Crippen LogP contribution in [0.15, 0.2) is 18.2 Å². The summed E-state index contributed by atoms with van der Waals surface area (Å²) >= 11 is 1.97. The standard InChI is InChI=1S/C17H20N6OS/c1-24-14-3-2-11(8-12(14)10-23-4-6-25-7-5-23)15-13(9-18)16(19)22-17(20)21-15/h2-3,8H,4-7,10H2,1H3,(H4,19,20,21,22). The number of hydrogen-bond donors (Lipinski definition) is 2. The second kappa shape index (κ2) is 7.59. The van der Waals surface area contributed by atoms with Gasteiger partial charge < -0.3 is 16.2 Å². The normalized spacial score (nSPS) is 14.9. The van der Waals surface area contributed by atoms with Crippen LogP contribution in [0.25, 0.3) is 11.3 Å². The second-order valence-corrected chi connectivity index (χ2v) is 6.94. The molecule has 2 aromatic rings. The molecule has 0 spiro atoms. The highest BCUT2D eigenvalue weighted by molar-refractivity contribution is 7.99. The van der Waals surface area contributed by atoms with Crippen molar-refractivity contribution in [2.75, 3.05) is 43.2 Å². The molecule has 1 aromatic carbocycles. The Bertz CT molecular complexity index is 814. The Hall–Kier alpha value is -2.50. The van der Waals surface area contributed by atoms with Crippen molar-refractivity contribution >= 4 is 23.5 Å². The smallest absolute Gasteiger partial charge is 0.222 e. The first-order chi connectivity index (χ1) is 12.1. The van der Waals surface area contributed by atoms with Gasteiger partial charge >= 0.3 is 0 Å². The Kier molecular flexibility index (Phi) is 5.26. The van der Waals surface area contributed by atoms with Gasteiger partial charge in [-0.1, -0.05) is 0 Å². The number of nitrogens with two attached hydrogens (primary N) is 2. The van der Waals surface area contributed by atoms with Crippen molar-refractivity contribution in [1.82, 2.24) is 14.9 Å². The lowest BCUT2D eigenvalue weighted by atomic mass is 10.0. The molecule has 7 nitrogen and oxygen atoms in total. The topological polar surface area (TPSA) is 114 Å². The molecule has 0 unspecified atom stereocenters. The summed E-state index contributed by atoms with van der Waals surface area (Å²) in [6.45, 7) is 2.89. The first-order valence-electron chi connectivity index (χ1n) is 7.93. The Labute approximate surface area is 151 Å². The minimum absolute atomic E-state index is 0.0527. The highest BCUT2D eigenvalue weighted by atomic mass is 32.2. The Balaban J connectivity index is 2.01. The van der Waals surface area contributed by atoms with Crippen LogP contribution in [0.3, 0.4) is 0 Å². The molecular weight excluding hydrogens is 336 g/mol. The Morgan fingerprint density at radius 3 is 2.72 bits per heavy atom. The van der Waals surface area contributed by atoms with Gasteiger partial charge in [-0.15, -0.1) is 0 Å². The number of ether oxygens (including phenoxy) is 1. The van der Waals surface area contributed by atoms with Crippen LogP contribution >= 0.6 is 11.8 Å². The van der Waals surface area contributed by atoms with E-state index < -0.39 is 0 Å². The molecule has 1 aromatic heterocycles. The monoisotopic (exact) mass is 356 g/mol. The average molecular weight is 356 g/mol. The molecule has 25 heavy (non-hydrogen) atoms. The van der Waals surface area contributed by atoms with Crippen LogP contribution in [-0.2, 0) is 6.54 Å². The average Bonchev–Trinajstić information content (AvgIpc) is 2.62. The fourth-order valence-corrected chi connectivity index (χ4v) is 3.84. The first kappa shape index (κ1) is 17.3. The fraction of sp³-hybridized carbons (Fsp3) is 0.353. The van der Waals surface area contributed by atoms with Gasteiger partial charge in [0.15, 0.2) is 0 Å². The molecule has 0 atom stereocenters. The molecule has 0 saturated carbocycles. The van der Waals surface area contributed by atoms with Crippen LogP contribution in [0, 0.1) is 11.3 Å².